The zero-order valence-electron chi connectivity index (χ0n) is 15.5. The molecule has 3 N–H and O–H groups in total. The Hall–Kier alpha value is -3.26. The number of methoxy groups -OCH3 is 1. The van der Waals surface area contributed by atoms with Crippen molar-refractivity contribution in [2.24, 2.45) is 0 Å². The van der Waals surface area contributed by atoms with Crippen LogP contribution >= 0.6 is 0 Å². The van der Waals surface area contributed by atoms with Crippen molar-refractivity contribution >= 4 is 43.2 Å². The number of hydrogen-bond acceptors (Lipinski definition) is 5. The standard InChI is InChI=1S/C20H20N4O3S/c1-27-19-10-14(24-28(2,25)26)5-6-17(19)22-11-13-12-23-18-8-7-16-15(20(13)18)4-3-9-21-16/h3-10,12,21-22,24H,11H2,1-2H3. The molecule has 4 rings (SSSR count). The number of pyridine rings is 1. The number of aromatic amines is 1. The van der Waals surface area contributed by atoms with Gasteiger partial charge in [0.05, 0.1) is 30.3 Å². The van der Waals surface area contributed by atoms with Crippen molar-refractivity contribution in [3.05, 3.63) is 60.4 Å². The molecule has 0 atom stereocenters. The van der Waals surface area contributed by atoms with Gasteiger partial charge in [-0.15, -0.1) is 0 Å². The SMILES string of the molecule is COc1cc(NS(C)(=O)=O)ccc1NCc1cnc2ccc3[nH]cccc3c12. The van der Waals surface area contributed by atoms with Gasteiger partial charge in [0.25, 0.3) is 0 Å². The molecule has 0 fully saturated rings. The number of nitrogens with one attached hydrogen (secondary N) is 3. The minimum atomic E-state index is -3.35. The predicted molar refractivity (Wildman–Crippen MR) is 112 cm³/mol. The summed E-state index contributed by atoms with van der Waals surface area (Å²) < 4.78 is 30.7. The summed E-state index contributed by atoms with van der Waals surface area (Å²) in [6.45, 7) is 0.555. The summed E-state index contributed by atoms with van der Waals surface area (Å²) >= 11 is 0. The molecule has 0 aliphatic heterocycles. The normalized spacial score (nSPS) is 11.6. The molecule has 2 aromatic carbocycles. The third-order valence-electron chi connectivity index (χ3n) is 4.48. The molecule has 28 heavy (non-hydrogen) atoms. The van der Waals surface area contributed by atoms with E-state index in [2.05, 4.69) is 26.1 Å². The van der Waals surface area contributed by atoms with Crippen molar-refractivity contribution in [2.45, 2.75) is 6.54 Å². The molecule has 2 heterocycles. The molecule has 0 saturated carbocycles. The molecule has 0 aliphatic rings. The predicted octanol–water partition coefficient (Wildman–Crippen LogP) is 3.71. The highest BCUT2D eigenvalue weighted by atomic mass is 32.2. The number of ether oxygens (including phenoxy) is 1. The number of anilines is 2. The molecular formula is C20H20N4O3S. The van der Waals surface area contributed by atoms with Gasteiger partial charge in [0.2, 0.25) is 10.0 Å². The van der Waals surface area contributed by atoms with Gasteiger partial charge in [0, 0.05) is 41.3 Å². The van der Waals surface area contributed by atoms with Crippen LogP contribution in [0.1, 0.15) is 5.56 Å². The minimum absolute atomic E-state index is 0.451. The Bertz CT molecular complexity index is 1270. The van der Waals surface area contributed by atoms with Crippen molar-refractivity contribution in [2.75, 3.05) is 23.4 Å². The number of H-pyrrole nitrogens is 1. The Morgan fingerprint density at radius 2 is 2.04 bits per heavy atom. The van der Waals surface area contributed by atoms with E-state index in [4.69, 9.17) is 4.74 Å². The van der Waals surface area contributed by atoms with Crippen molar-refractivity contribution in [1.29, 1.82) is 0 Å². The Morgan fingerprint density at radius 3 is 2.82 bits per heavy atom. The highest BCUT2D eigenvalue weighted by Gasteiger charge is 2.11. The van der Waals surface area contributed by atoms with Gasteiger partial charge >= 0.3 is 0 Å². The molecule has 2 aromatic heterocycles. The molecular weight excluding hydrogens is 376 g/mol. The van der Waals surface area contributed by atoms with Gasteiger partial charge in [0.15, 0.2) is 0 Å². The highest BCUT2D eigenvalue weighted by molar-refractivity contribution is 7.92. The first-order valence-electron chi connectivity index (χ1n) is 8.68. The molecule has 0 radical (unpaired) electrons. The van der Waals surface area contributed by atoms with Crippen LogP contribution in [0.2, 0.25) is 0 Å². The van der Waals surface area contributed by atoms with Crippen LogP contribution in [0.15, 0.2) is 54.9 Å². The first-order chi connectivity index (χ1) is 13.4. The van der Waals surface area contributed by atoms with E-state index in [0.29, 0.717) is 18.0 Å². The van der Waals surface area contributed by atoms with E-state index in [9.17, 15) is 8.42 Å². The van der Waals surface area contributed by atoms with Crippen molar-refractivity contribution in [3.8, 4) is 5.75 Å². The molecule has 0 spiro atoms. The first-order valence-corrected chi connectivity index (χ1v) is 10.6. The quantitative estimate of drug-likeness (QED) is 0.462. The van der Waals surface area contributed by atoms with E-state index >= 15 is 0 Å². The summed E-state index contributed by atoms with van der Waals surface area (Å²) in [4.78, 5) is 7.77. The second-order valence-corrected chi connectivity index (χ2v) is 8.27. The number of aromatic nitrogens is 2. The van der Waals surface area contributed by atoms with Crippen molar-refractivity contribution in [1.82, 2.24) is 9.97 Å². The Kier molecular flexibility index (Phi) is 4.56. The van der Waals surface area contributed by atoms with E-state index in [-0.39, 0.29) is 0 Å². The van der Waals surface area contributed by atoms with E-state index in [1.807, 2.05) is 30.6 Å². The van der Waals surface area contributed by atoms with Gasteiger partial charge in [0.1, 0.15) is 5.75 Å². The molecule has 7 nitrogen and oxygen atoms in total. The average molecular weight is 396 g/mol. The van der Waals surface area contributed by atoms with E-state index in [0.717, 1.165) is 39.3 Å². The second kappa shape index (κ2) is 7.05. The summed E-state index contributed by atoms with van der Waals surface area (Å²) in [6.07, 6.45) is 4.89. The summed E-state index contributed by atoms with van der Waals surface area (Å²) in [7, 11) is -1.80. The largest absolute Gasteiger partial charge is 0.495 e. The summed E-state index contributed by atoms with van der Waals surface area (Å²) in [5, 5.41) is 5.59. The number of sulfonamides is 1. The fourth-order valence-electron chi connectivity index (χ4n) is 3.29. The maximum atomic E-state index is 11.4. The topological polar surface area (TPSA) is 96.1 Å². The zero-order valence-corrected chi connectivity index (χ0v) is 16.3. The lowest BCUT2D eigenvalue weighted by molar-refractivity contribution is 0.416. The smallest absolute Gasteiger partial charge is 0.229 e. The number of nitrogens with zero attached hydrogens (tertiary/aromatic N) is 1. The third kappa shape index (κ3) is 3.59. The van der Waals surface area contributed by atoms with Gasteiger partial charge < -0.3 is 15.0 Å². The molecule has 144 valence electrons. The average Bonchev–Trinajstić information content (AvgIpc) is 3.09. The van der Waals surface area contributed by atoms with Crippen LogP contribution in [-0.4, -0.2) is 31.8 Å². The van der Waals surface area contributed by atoms with Gasteiger partial charge in [-0.2, -0.15) is 0 Å². The van der Waals surface area contributed by atoms with Gasteiger partial charge in [-0.1, -0.05) is 6.07 Å². The second-order valence-electron chi connectivity index (χ2n) is 6.52. The number of hydrogen-bond donors (Lipinski definition) is 3. The van der Waals surface area contributed by atoms with Crippen LogP contribution in [-0.2, 0) is 16.6 Å². The monoisotopic (exact) mass is 396 g/mol. The van der Waals surface area contributed by atoms with Crippen molar-refractivity contribution in [3.63, 3.8) is 0 Å². The maximum Gasteiger partial charge on any atom is 0.229 e. The van der Waals surface area contributed by atoms with Crippen LogP contribution in [0.5, 0.6) is 5.75 Å². The summed E-state index contributed by atoms with van der Waals surface area (Å²) in [5.41, 5.74) is 4.29. The van der Waals surface area contributed by atoms with Crippen LogP contribution in [0, 0.1) is 0 Å². The Balaban J connectivity index is 1.64. The lowest BCUT2D eigenvalue weighted by atomic mass is 10.1. The highest BCUT2D eigenvalue weighted by Crippen LogP contribution is 2.31. The van der Waals surface area contributed by atoms with Gasteiger partial charge in [-0.3, -0.25) is 9.71 Å². The molecule has 0 aliphatic carbocycles. The fourth-order valence-corrected chi connectivity index (χ4v) is 3.84. The molecule has 0 amide bonds. The van der Waals surface area contributed by atoms with Crippen LogP contribution in [0.4, 0.5) is 11.4 Å². The molecule has 8 heteroatoms. The van der Waals surface area contributed by atoms with E-state index < -0.39 is 10.0 Å². The zero-order chi connectivity index (χ0) is 19.7. The first kappa shape index (κ1) is 18.1. The lowest BCUT2D eigenvalue weighted by Gasteiger charge is -2.13. The third-order valence-corrected chi connectivity index (χ3v) is 5.08. The van der Waals surface area contributed by atoms with Crippen molar-refractivity contribution < 1.29 is 13.2 Å². The summed E-state index contributed by atoms with van der Waals surface area (Å²) in [5.74, 6) is 0.552. The van der Waals surface area contributed by atoms with E-state index in [1.54, 1.807) is 25.3 Å². The lowest BCUT2D eigenvalue weighted by Crippen LogP contribution is -2.10. The number of fused-ring (bicyclic) bond motifs is 3. The van der Waals surface area contributed by atoms with Crippen LogP contribution in [0.25, 0.3) is 21.8 Å². The maximum absolute atomic E-state index is 11.4. The Morgan fingerprint density at radius 1 is 1.18 bits per heavy atom. The number of rotatable bonds is 6. The molecule has 4 aromatic rings. The summed E-state index contributed by atoms with van der Waals surface area (Å²) in [6, 6.07) is 13.2. The Labute approximate surface area is 162 Å². The molecule has 0 unspecified atom stereocenters. The fraction of sp³-hybridized carbons (Fsp3) is 0.150. The molecule has 0 saturated heterocycles. The molecule has 0 bridgehead atoms. The minimum Gasteiger partial charge on any atom is -0.495 e. The van der Waals surface area contributed by atoms with Gasteiger partial charge in [-0.05, 0) is 35.9 Å². The van der Waals surface area contributed by atoms with Crippen LogP contribution < -0.4 is 14.8 Å². The number of benzene rings is 2. The van der Waals surface area contributed by atoms with Crippen LogP contribution in [0.3, 0.4) is 0 Å². The van der Waals surface area contributed by atoms with E-state index in [1.165, 1.54) is 0 Å². The van der Waals surface area contributed by atoms with Gasteiger partial charge in [-0.25, -0.2) is 8.42 Å².